The molecule has 47 heavy (non-hydrogen) atoms. The Bertz CT molecular complexity index is 1570. The van der Waals surface area contributed by atoms with Crippen molar-refractivity contribution in [2.45, 2.75) is 164 Å². The Morgan fingerprint density at radius 1 is 0.957 bits per heavy atom. The third kappa shape index (κ3) is 3.40. The second-order valence-electron chi connectivity index (χ2n) is 17.8. The minimum atomic E-state index is -1.29. The summed E-state index contributed by atoms with van der Waals surface area (Å²) in [7, 11) is 1.72. The molecule has 1 spiro atoms. The Kier molecular flexibility index (Phi) is 6.03. The molecule has 4 saturated heterocycles. The second kappa shape index (κ2) is 9.02. The lowest BCUT2D eigenvalue weighted by atomic mass is 9.39. The van der Waals surface area contributed by atoms with E-state index in [0.29, 0.717) is 19.3 Å². The molecule has 13 unspecified atom stereocenters. The van der Waals surface area contributed by atoms with E-state index < -0.39 is 45.2 Å². The van der Waals surface area contributed by atoms with Crippen LogP contribution in [0, 0.1) is 16.7 Å². The fraction of sp³-hybridized carbons (Fsp3) is 0.789. The van der Waals surface area contributed by atoms with Gasteiger partial charge in [-0.25, -0.2) is 0 Å². The maximum absolute atomic E-state index is 13.5. The molecule has 5 heterocycles. The van der Waals surface area contributed by atoms with Crippen LogP contribution in [-0.4, -0.2) is 82.3 Å². The number of methoxy groups -OCH3 is 1. The van der Waals surface area contributed by atoms with Gasteiger partial charge in [0, 0.05) is 35.6 Å². The van der Waals surface area contributed by atoms with E-state index in [9.17, 15) is 10.2 Å². The topological polar surface area (TPSA) is 114 Å². The average Bonchev–Trinajstić information content (AvgIpc) is 3.83. The lowest BCUT2D eigenvalue weighted by Gasteiger charge is -2.69. The minimum absolute atomic E-state index is 0.0998. The smallest absolute Gasteiger partial charge is 0.178 e. The summed E-state index contributed by atoms with van der Waals surface area (Å²) in [6.45, 7) is 16.9. The van der Waals surface area contributed by atoms with Crippen LogP contribution in [0.15, 0.2) is 29.8 Å². The summed E-state index contributed by atoms with van der Waals surface area (Å²) in [5.74, 6) is 0.0998. The van der Waals surface area contributed by atoms with E-state index in [1.807, 2.05) is 19.9 Å². The number of nitrogens with one attached hydrogen (secondary N) is 1. The highest BCUT2D eigenvalue weighted by Crippen LogP contribution is 2.81. The summed E-state index contributed by atoms with van der Waals surface area (Å²) in [5, 5.41) is 30.5. The van der Waals surface area contributed by atoms with Gasteiger partial charge in [0.25, 0.3) is 0 Å². The quantitative estimate of drug-likeness (QED) is 0.302. The fourth-order valence-electron chi connectivity index (χ4n) is 12.3. The van der Waals surface area contributed by atoms with Gasteiger partial charge in [0.2, 0.25) is 0 Å². The van der Waals surface area contributed by atoms with Crippen LogP contribution in [0.2, 0.25) is 0 Å². The minimum Gasteiger partial charge on any atom is -0.386 e. The van der Waals surface area contributed by atoms with E-state index in [-0.39, 0.29) is 42.0 Å². The van der Waals surface area contributed by atoms with Gasteiger partial charge in [-0.1, -0.05) is 31.6 Å². The third-order valence-electron chi connectivity index (χ3n) is 14.8. The van der Waals surface area contributed by atoms with Crippen molar-refractivity contribution in [3.63, 3.8) is 0 Å². The first-order chi connectivity index (χ1) is 21.9. The summed E-state index contributed by atoms with van der Waals surface area (Å²) < 4.78 is 39.5. The van der Waals surface area contributed by atoms with Crippen molar-refractivity contribution in [2.75, 3.05) is 12.4 Å². The lowest BCUT2D eigenvalue weighted by molar-refractivity contribution is -0.352. The lowest BCUT2D eigenvalue weighted by Crippen LogP contribution is -2.80. The van der Waals surface area contributed by atoms with Crippen LogP contribution >= 0.6 is 0 Å². The molecule has 0 amide bonds. The first-order valence-electron chi connectivity index (χ1n) is 17.8. The predicted molar refractivity (Wildman–Crippen MR) is 174 cm³/mol. The highest BCUT2D eigenvalue weighted by molar-refractivity contribution is 5.68. The Labute approximate surface area is 278 Å². The van der Waals surface area contributed by atoms with Gasteiger partial charge in [0.1, 0.15) is 29.5 Å². The molecule has 0 radical (unpaired) electrons. The van der Waals surface area contributed by atoms with Gasteiger partial charge in [0.05, 0.1) is 23.4 Å². The summed E-state index contributed by atoms with van der Waals surface area (Å²) in [6.07, 6.45) is 4.29. The molecule has 9 heteroatoms. The molecule has 0 aromatic heterocycles. The Hall–Kier alpha value is -1.56. The van der Waals surface area contributed by atoms with Gasteiger partial charge >= 0.3 is 0 Å². The van der Waals surface area contributed by atoms with Crippen LogP contribution < -0.4 is 5.32 Å². The van der Waals surface area contributed by atoms with Crippen LogP contribution in [0.3, 0.4) is 0 Å². The highest BCUT2D eigenvalue weighted by atomic mass is 16.8. The number of aliphatic hydroxyl groups is 2. The van der Waals surface area contributed by atoms with Gasteiger partial charge in [-0.05, 0) is 97.3 Å². The molecule has 7 fully saturated rings. The van der Waals surface area contributed by atoms with Crippen LogP contribution in [0.25, 0.3) is 0 Å². The van der Waals surface area contributed by atoms with Crippen molar-refractivity contribution in [3.05, 3.63) is 41.0 Å². The van der Waals surface area contributed by atoms with Gasteiger partial charge < -0.3 is 44.0 Å². The van der Waals surface area contributed by atoms with Crippen LogP contribution in [0.1, 0.15) is 98.6 Å². The molecule has 3 aliphatic carbocycles. The predicted octanol–water partition coefficient (Wildman–Crippen LogP) is 5.10. The summed E-state index contributed by atoms with van der Waals surface area (Å²) in [6, 6.07) is 6.25. The number of fused-ring (bicyclic) bond motifs is 9. The van der Waals surface area contributed by atoms with E-state index in [1.54, 1.807) is 7.11 Å². The van der Waals surface area contributed by atoms with E-state index in [2.05, 4.69) is 65.1 Å². The van der Waals surface area contributed by atoms with E-state index >= 15 is 0 Å². The van der Waals surface area contributed by atoms with Crippen molar-refractivity contribution >= 4 is 5.69 Å². The van der Waals surface area contributed by atoms with Crippen molar-refractivity contribution in [1.29, 1.82) is 0 Å². The molecule has 9 nitrogen and oxygen atoms in total. The SMILES string of the molecule is COC12Nc3cccc(CC4OC4(C)C)c3C1(O)CC1CCC3(O)C45OC4C4OC(C=C(C)C)OC(C)(C)C4OC5CCC3(C)C12C. The number of benzene rings is 1. The van der Waals surface area contributed by atoms with Crippen molar-refractivity contribution < 1.29 is 38.6 Å². The van der Waals surface area contributed by atoms with E-state index in [0.717, 1.165) is 41.6 Å². The number of ether oxygens (including phenoxy) is 6. The van der Waals surface area contributed by atoms with Gasteiger partial charge in [-0.3, -0.25) is 0 Å². The molecule has 1 aromatic carbocycles. The Morgan fingerprint density at radius 2 is 1.70 bits per heavy atom. The standard InChI is InChI=1S/C38H53NO8/c1-20(2)17-26-44-28-29(32(5,6)46-26)43-24-14-15-33(7)34(8)22(13-16-36(33,41)37(24)30(28)47-37)19-35(40)27-21(18-25-31(3,4)45-25)11-10-12-23(27)39-38(34,35)42-9/h10-12,17,22,24-26,28-30,39-41H,13-16,18-19H2,1-9H3. The normalized spacial score (nSPS) is 53.6. The van der Waals surface area contributed by atoms with E-state index in [1.165, 1.54) is 0 Å². The molecule has 3 saturated carbocycles. The molecule has 0 bridgehead atoms. The monoisotopic (exact) mass is 651 g/mol. The van der Waals surface area contributed by atoms with Crippen LogP contribution in [0.5, 0.6) is 0 Å². The van der Waals surface area contributed by atoms with E-state index in [4.69, 9.17) is 28.4 Å². The number of anilines is 1. The Morgan fingerprint density at radius 3 is 2.38 bits per heavy atom. The van der Waals surface area contributed by atoms with Gasteiger partial charge in [-0.2, -0.15) is 0 Å². The first kappa shape index (κ1) is 31.4. The van der Waals surface area contributed by atoms with Crippen molar-refractivity contribution in [3.8, 4) is 0 Å². The fourth-order valence-corrected chi connectivity index (χ4v) is 12.3. The molecule has 9 rings (SSSR count). The average molecular weight is 652 g/mol. The van der Waals surface area contributed by atoms with Crippen LogP contribution in [0.4, 0.5) is 5.69 Å². The molecule has 5 aliphatic heterocycles. The number of epoxide rings is 2. The highest BCUT2D eigenvalue weighted by Gasteiger charge is 2.91. The summed E-state index contributed by atoms with van der Waals surface area (Å²) in [4.78, 5) is 0. The van der Waals surface area contributed by atoms with Gasteiger partial charge in [-0.15, -0.1) is 0 Å². The van der Waals surface area contributed by atoms with Crippen molar-refractivity contribution in [2.24, 2.45) is 16.7 Å². The molecule has 3 N–H and O–H groups in total. The van der Waals surface area contributed by atoms with Crippen molar-refractivity contribution in [1.82, 2.24) is 0 Å². The second-order valence-corrected chi connectivity index (χ2v) is 17.8. The number of rotatable bonds is 4. The summed E-state index contributed by atoms with van der Waals surface area (Å²) in [5.41, 5.74) is -2.70. The largest absolute Gasteiger partial charge is 0.386 e. The summed E-state index contributed by atoms with van der Waals surface area (Å²) >= 11 is 0. The number of hydrogen-bond donors (Lipinski definition) is 3. The molecule has 8 aliphatic rings. The maximum Gasteiger partial charge on any atom is 0.178 e. The molecule has 1 aromatic rings. The zero-order valence-corrected chi connectivity index (χ0v) is 29.4. The zero-order valence-electron chi connectivity index (χ0n) is 29.4. The zero-order chi connectivity index (χ0) is 33.4. The molecular formula is C38H53NO8. The molecule has 258 valence electrons. The third-order valence-corrected chi connectivity index (χ3v) is 14.8. The molecule has 13 atom stereocenters. The maximum atomic E-state index is 13.5. The Balaban J connectivity index is 1.12. The van der Waals surface area contributed by atoms with Gasteiger partial charge in [0.15, 0.2) is 17.6 Å². The first-order valence-corrected chi connectivity index (χ1v) is 17.8. The molecular weight excluding hydrogens is 598 g/mol. The number of allylic oxidation sites excluding steroid dienone is 1. The number of hydrogen-bond acceptors (Lipinski definition) is 9. The van der Waals surface area contributed by atoms with Crippen LogP contribution in [-0.2, 0) is 40.4 Å².